The predicted octanol–water partition coefficient (Wildman–Crippen LogP) is 0.761. The molecule has 0 spiro atoms. The van der Waals surface area contributed by atoms with Gasteiger partial charge in [0, 0.05) is 32.1 Å². The van der Waals surface area contributed by atoms with Crippen molar-refractivity contribution in [2.24, 2.45) is 5.92 Å². The highest BCUT2D eigenvalue weighted by molar-refractivity contribution is 5.89. The third-order valence-corrected chi connectivity index (χ3v) is 4.98. The first-order chi connectivity index (χ1) is 9.65. The number of piperidine rings is 1. The Hall–Kier alpha value is -1.10. The highest BCUT2D eigenvalue weighted by Gasteiger charge is 2.40. The molecule has 0 aromatic carbocycles. The Morgan fingerprint density at radius 3 is 2.55 bits per heavy atom. The van der Waals surface area contributed by atoms with E-state index in [1.807, 2.05) is 4.90 Å². The molecule has 2 atom stereocenters. The zero-order chi connectivity index (χ0) is 14.1. The molecule has 5 nitrogen and oxygen atoms in total. The van der Waals surface area contributed by atoms with Crippen LogP contribution in [0.5, 0.6) is 0 Å². The van der Waals surface area contributed by atoms with E-state index in [-0.39, 0.29) is 17.7 Å². The van der Waals surface area contributed by atoms with E-state index in [1.54, 1.807) is 4.90 Å². The molecule has 1 unspecified atom stereocenters. The van der Waals surface area contributed by atoms with E-state index in [2.05, 4.69) is 0 Å². The van der Waals surface area contributed by atoms with E-state index < -0.39 is 6.10 Å². The SMILES string of the molecule is O=C(C1CC(=O)N(C2CCCC2)C1)N1CCC[C@H](O)C1. The molecule has 0 aromatic rings. The summed E-state index contributed by atoms with van der Waals surface area (Å²) in [5, 5.41) is 9.68. The second kappa shape index (κ2) is 5.72. The van der Waals surface area contributed by atoms with E-state index >= 15 is 0 Å². The Kier molecular flexibility index (Phi) is 3.96. The van der Waals surface area contributed by atoms with Crippen molar-refractivity contribution in [3.63, 3.8) is 0 Å². The van der Waals surface area contributed by atoms with Crippen molar-refractivity contribution in [1.82, 2.24) is 9.80 Å². The number of rotatable bonds is 2. The van der Waals surface area contributed by atoms with Gasteiger partial charge in [-0.3, -0.25) is 9.59 Å². The molecule has 0 aromatic heterocycles. The van der Waals surface area contributed by atoms with Gasteiger partial charge in [0.2, 0.25) is 11.8 Å². The number of likely N-dealkylation sites (tertiary alicyclic amines) is 2. The number of nitrogens with zero attached hydrogens (tertiary/aromatic N) is 2. The Labute approximate surface area is 119 Å². The molecular weight excluding hydrogens is 256 g/mol. The highest BCUT2D eigenvalue weighted by Crippen LogP contribution is 2.30. The lowest BCUT2D eigenvalue weighted by molar-refractivity contribution is -0.138. The number of carbonyl (C=O) groups is 2. The largest absolute Gasteiger partial charge is 0.391 e. The van der Waals surface area contributed by atoms with Crippen LogP contribution in [-0.4, -0.2) is 58.5 Å². The average Bonchev–Trinajstić information content (AvgIpc) is 3.06. The molecule has 1 N–H and O–H groups in total. The van der Waals surface area contributed by atoms with Gasteiger partial charge in [-0.15, -0.1) is 0 Å². The van der Waals surface area contributed by atoms with Gasteiger partial charge in [0.05, 0.1) is 12.0 Å². The summed E-state index contributed by atoms with van der Waals surface area (Å²) in [5.74, 6) is 0.0267. The highest BCUT2D eigenvalue weighted by atomic mass is 16.3. The van der Waals surface area contributed by atoms with Gasteiger partial charge in [0.25, 0.3) is 0 Å². The minimum atomic E-state index is -0.393. The van der Waals surface area contributed by atoms with Crippen LogP contribution >= 0.6 is 0 Å². The van der Waals surface area contributed by atoms with Crippen molar-refractivity contribution in [2.75, 3.05) is 19.6 Å². The molecule has 0 bridgehead atoms. The van der Waals surface area contributed by atoms with Crippen molar-refractivity contribution in [3.8, 4) is 0 Å². The van der Waals surface area contributed by atoms with Crippen LogP contribution in [0.1, 0.15) is 44.9 Å². The Morgan fingerprint density at radius 2 is 1.85 bits per heavy atom. The molecule has 3 rings (SSSR count). The molecule has 112 valence electrons. The molecule has 2 amide bonds. The lowest BCUT2D eigenvalue weighted by Gasteiger charge is -2.32. The molecule has 3 aliphatic rings. The monoisotopic (exact) mass is 280 g/mol. The summed E-state index contributed by atoms with van der Waals surface area (Å²) in [6.45, 7) is 1.76. The second-order valence-corrected chi connectivity index (χ2v) is 6.47. The summed E-state index contributed by atoms with van der Waals surface area (Å²) >= 11 is 0. The van der Waals surface area contributed by atoms with Crippen molar-refractivity contribution in [1.29, 1.82) is 0 Å². The molecular formula is C15H24N2O3. The maximum atomic E-state index is 12.5. The predicted molar refractivity (Wildman–Crippen MR) is 73.9 cm³/mol. The fourth-order valence-corrected chi connectivity index (χ4v) is 3.88. The molecule has 1 saturated carbocycles. The smallest absolute Gasteiger partial charge is 0.228 e. The number of amides is 2. The molecule has 20 heavy (non-hydrogen) atoms. The fourth-order valence-electron chi connectivity index (χ4n) is 3.88. The summed E-state index contributed by atoms with van der Waals surface area (Å²) in [6, 6.07) is 0.368. The van der Waals surface area contributed by atoms with Gasteiger partial charge in [-0.2, -0.15) is 0 Å². The molecule has 2 aliphatic heterocycles. The molecule has 2 saturated heterocycles. The standard InChI is InChI=1S/C15H24N2O3/c18-13-6-3-7-16(10-13)15(20)11-8-14(19)17(9-11)12-4-1-2-5-12/h11-13,18H,1-10H2/t11?,13-/m0/s1. The third-order valence-electron chi connectivity index (χ3n) is 4.98. The maximum absolute atomic E-state index is 12.5. The van der Waals surface area contributed by atoms with E-state index in [0.29, 0.717) is 25.6 Å². The van der Waals surface area contributed by atoms with Crippen LogP contribution in [0.4, 0.5) is 0 Å². The first kappa shape index (κ1) is 13.9. The van der Waals surface area contributed by atoms with Crippen LogP contribution in [0.15, 0.2) is 0 Å². The van der Waals surface area contributed by atoms with E-state index in [9.17, 15) is 14.7 Å². The zero-order valence-corrected chi connectivity index (χ0v) is 12.0. The van der Waals surface area contributed by atoms with Crippen LogP contribution < -0.4 is 0 Å². The molecule has 5 heteroatoms. The fraction of sp³-hybridized carbons (Fsp3) is 0.867. The first-order valence-corrected chi connectivity index (χ1v) is 7.91. The zero-order valence-electron chi connectivity index (χ0n) is 12.0. The van der Waals surface area contributed by atoms with Crippen LogP contribution in [0.25, 0.3) is 0 Å². The lowest BCUT2D eigenvalue weighted by atomic mass is 10.0. The van der Waals surface area contributed by atoms with Crippen molar-refractivity contribution in [3.05, 3.63) is 0 Å². The van der Waals surface area contributed by atoms with Crippen LogP contribution in [-0.2, 0) is 9.59 Å². The normalized spacial score (nSPS) is 32.1. The Bertz CT molecular complexity index is 393. The topological polar surface area (TPSA) is 60.9 Å². The molecule has 0 radical (unpaired) electrons. The number of β-amino-alcohol motifs (C(OH)–C–C–N with tert-alkyl or cyclic N) is 1. The van der Waals surface area contributed by atoms with E-state index in [0.717, 1.165) is 32.2 Å². The summed E-state index contributed by atoms with van der Waals surface area (Å²) in [6.07, 6.45) is 6.19. The number of hydrogen-bond donors (Lipinski definition) is 1. The van der Waals surface area contributed by atoms with Gasteiger partial charge < -0.3 is 14.9 Å². The lowest BCUT2D eigenvalue weighted by Crippen LogP contribution is -2.45. The summed E-state index contributed by atoms with van der Waals surface area (Å²) in [7, 11) is 0. The Balaban J connectivity index is 1.60. The summed E-state index contributed by atoms with van der Waals surface area (Å²) in [4.78, 5) is 28.3. The summed E-state index contributed by atoms with van der Waals surface area (Å²) < 4.78 is 0. The first-order valence-electron chi connectivity index (χ1n) is 7.91. The number of hydrogen-bond acceptors (Lipinski definition) is 3. The molecule has 1 aliphatic carbocycles. The average molecular weight is 280 g/mol. The third kappa shape index (κ3) is 2.68. The number of aliphatic hydroxyl groups is 1. The number of aliphatic hydroxyl groups excluding tert-OH is 1. The minimum absolute atomic E-state index is 0.0672. The van der Waals surface area contributed by atoms with Gasteiger partial charge >= 0.3 is 0 Å². The van der Waals surface area contributed by atoms with Gasteiger partial charge in [-0.05, 0) is 25.7 Å². The van der Waals surface area contributed by atoms with Crippen molar-refractivity contribution < 1.29 is 14.7 Å². The van der Waals surface area contributed by atoms with E-state index in [4.69, 9.17) is 0 Å². The van der Waals surface area contributed by atoms with Gasteiger partial charge in [-0.1, -0.05) is 12.8 Å². The maximum Gasteiger partial charge on any atom is 0.228 e. The van der Waals surface area contributed by atoms with Gasteiger partial charge in [0.15, 0.2) is 0 Å². The van der Waals surface area contributed by atoms with Crippen molar-refractivity contribution in [2.45, 2.75) is 57.1 Å². The number of carbonyl (C=O) groups excluding carboxylic acids is 2. The van der Waals surface area contributed by atoms with E-state index in [1.165, 1.54) is 12.8 Å². The quantitative estimate of drug-likeness (QED) is 0.812. The van der Waals surface area contributed by atoms with Crippen LogP contribution in [0.2, 0.25) is 0 Å². The minimum Gasteiger partial charge on any atom is -0.391 e. The van der Waals surface area contributed by atoms with Crippen molar-refractivity contribution >= 4 is 11.8 Å². The van der Waals surface area contributed by atoms with Crippen LogP contribution in [0, 0.1) is 5.92 Å². The van der Waals surface area contributed by atoms with Gasteiger partial charge in [0.1, 0.15) is 0 Å². The van der Waals surface area contributed by atoms with Crippen LogP contribution in [0.3, 0.4) is 0 Å². The van der Waals surface area contributed by atoms with Gasteiger partial charge in [-0.25, -0.2) is 0 Å². The Morgan fingerprint density at radius 1 is 1.10 bits per heavy atom. The molecule has 2 heterocycles. The molecule has 3 fully saturated rings. The second-order valence-electron chi connectivity index (χ2n) is 6.47. The summed E-state index contributed by atoms with van der Waals surface area (Å²) in [5.41, 5.74) is 0.